The molecule has 2 aromatic heterocycles. The number of carboxylic acid groups (broad SMARTS) is 1. The van der Waals surface area contributed by atoms with Crippen molar-refractivity contribution in [1.82, 2.24) is 4.98 Å². The summed E-state index contributed by atoms with van der Waals surface area (Å²) in [4.78, 5) is 15.3. The van der Waals surface area contributed by atoms with E-state index in [0.717, 1.165) is 33.6 Å². The first-order valence-electron chi connectivity index (χ1n) is 9.23. The van der Waals surface area contributed by atoms with Gasteiger partial charge in [0, 0.05) is 34.8 Å². The van der Waals surface area contributed by atoms with E-state index in [0.29, 0.717) is 24.5 Å². The molecule has 0 radical (unpaired) electrons. The number of carboxylic acids is 1. The van der Waals surface area contributed by atoms with Gasteiger partial charge in [-0.1, -0.05) is 30.3 Å². The minimum atomic E-state index is -0.892. The molecule has 4 rings (SSSR count). The molecular weight excluding hydrogens is 368 g/mol. The fraction of sp³-hybridized carbons (Fsp3) is 0.130. The van der Waals surface area contributed by atoms with Gasteiger partial charge in [-0.3, -0.25) is 9.78 Å². The van der Waals surface area contributed by atoms with Gasteiger partial charge in [-0.15, -0.1) is 0 Å². The van der Waals surface area contributed by atoms with Crippen LogP contribution in [-0.4, -0.2) is 16.1 Å². The molecule has 6 heteroatoms. The Balaban J connectivity index is 1.62. The van der Waals surface area contributed by atoms with Gasteiger partial charge in [-0.25, -0.2) is 0 Å². The SMILES string of the molecule is NCc1cc(-c2cc3c(COc4ccccc4CC(=O)O)cccc3o2)ccn1. The van der Waals surface area contributed by atoms with Crippen molar-refractivity contribution in [3.8, 4) is 17.1 Å². The molecule has 0 unspecified atom stereocenters. The summed E-state index contributed by atoms with van der Waals surface area (Å²) in [5.74, 6) is 0.407. The molecular formula is C23H20N2O4. The number of aliphatic carboxylic acids is 1. The van der Waals surface area contributed by atoms with Crippen LogP contribution < -0.4 is 10.5 Å². The maximum Gasteiger partial charge on any atom is 0.307 e. The molecule has 3 N–H and O–H groups in total. The maximum atomic E-state index is 11.1. The molecule has 0 amide bonds. The van der Waals surface area contributed by atoms with Crippen molar-refractivity contribution in [3.05, 3.63) is 83.7 Å². The molecule has 0 aliphatic carbocycles. The zero-order valence-electron chi connectivity index (χ0n) is 15.7. The number of ether oxygens (including phenoxy) is 1. The Bertz CT molecular complexity index is 1170. The lowest BCUT2D eigenvalue weighted by atomic mass is 10.1. The topological polar surface area (TPSA) is 98.6 Å². The number of benzene rings is 2. The number of nitrogens with zero attached hydrogens (tertiary/aromatic N) is 1. The second-order valence-corrected chi connectivity index (χ2v) is 6.65. The summed E-state index contributed by atoms with van der Waals surface area (Å²) in [5, 5.41) is 10.0. The van der Waals surface area contributed by atoms with Crippen LogP contribution in [0.1, 0.15) is 16.8 Å². The second kappa shape index (κ2) is 8.16. The summed E-state index contributed by atoms with van der Waals surface area (Å²) in [6.45, 7) is 0.667. The van der Waals surface area contributed by atoms with Crippen LogP contribution in [0.4, 0.5) is 0 Å². The molecule has 4 aromatic rings. The molecule has 146 valence electrons. The monoisotopic (exact) mass is 388 g/mol. The van der Waals surface area contributed by atoms with Crippen molar-refractivity contribution >= 4 is 16.9 Å². The van der Waals surface area contributed by atoms with Crippen molar-refractivity contribution in [3.63, 3.8) is 0 Å². The third kappa shape index (κ3) is 4.12. The summed E-state index contributed by atoms with van der Waals surface area (Å²) in [5.41, 5.74) is 9.75. The third-order valence-corrected chi connectivity index (χ3v) is 4.66. The highest BCUT2D eigenvalue weighted by Crippen LogP contribution is 2.31. The Hall–Kier alpha value is -3.64. The number of hydrogen-bond donors (Lipinski definition) is 2. The summed E-state index contributed by atoms with van der Waals surface area (Å²) in [6, 6.07) is 18.7. The lowest BCUT2D eigenvalue weighted by Crippen LogP contribution is -2.04. The molecule has 6 nitrogen and oxygen atoms in total. The number of furan rings is 1. The standard InChI is InChI=1S/C23H20N2O4/c24-13-18-10-16(8-9-25-18)22-12-19-17(5-3-7-21(19)29-22)14-28-20-6-2-1-4-15(20)11-23(26)27/h1-10,12H,11,13-14,24H2,(H,26,27). The molecule has 2 heterocycles. The zero-order valence-corrected chi connectivity index (χ0v) is 15.7. The first-order valence-corrected chi connectivity index (χ1v) is 9.23. The Morgan fingerprint density at radius 1 is 1.07 bits per heavy atom. The smallest absolute Gasteiger partial charge is 0.307 e. The largest absolute Gasteiger partial charge is 0.489 e. The molecule has 0 spiro atoms. The Kier molecular flexibility index (Phi) is 5.27. The molecule has 0 aliphatic rings. The number of hydrogen-bond acceptors (Lipinski definition) is 5. The fourth-order valence-corrected chi connectivity index (χ4v) is 3.24. The minimum absolute atomic E-state index is 0.0816. The summed E-state index contributed by atoms with van der Waals surface area (Å²) in [6.07, 6.45) is 1.63. The highest BCUT2D eigenvalue weighted by molar-refractivity contribution is 5.85. The number of nitrogens with two attached hydrogens (primary N) is 1. The second-order valence-electron chi connectivity index (χ2n) is 6.65. The van der Waals surface area contributed by atoms with E-state index in [2.05, 4.69) is 4.98 Å². The quantitative estimate of drug-likeness (QED) is 0.493. The van der Waals surface area contributed by atoms with E-state index >= 15 is 0 Å². The predicted octanol–water partition coefficient (Wildman–Crippen LogP) is 4.16. The van der Waals surface area contributed by atoms with Crippen LogP contribution in [0.15, 0.2) is 71.3 Å². The number of carbonyl (C=O) groups is 1. The first-order chi connectivity index (χ1) is 14.1. The Morgan fingerprint density at radius 3 is 2.72 bits per heavy atom. The van der Waals surface area contributed by atoms with Gasteiger partial charge in [-0.2, -0.15) is 0 Å². The summed E-state index contributed by atoms with van der Waals surface area (Å²) < 4.78 is 12.0. The van der Waals surface area contributed by atoms with Crippen LogP contribution >= 0.6 is 0 Å². The van der Waals surface area contributed by atoms with Crippen LogP contribution in [0, 0.1) is 0 Å². The van der Waals surface area contributed by atoms with E-state index in [-0.39, 0.29) is 6.42 Å². The van der Waals surface area contributed by atoms with Gasteiger partial charge in [-0.05, 0) is 30.3 Å². The van der Waals surface area contributed by atoms with E-state index in [4.69, 9.17) is 20.0 Å². The van der Waals surface area contributed by atoms with Gasteiger partial charge >= 0.3 is 5.97 Å². The van der Waals surface area contributed by atoms with Gasteiger partial charge < -0.3 is 20.0 Å². The van der Waals surface area contributed by atoms with Gasteiger partial charge in [0.15, 0.2) is 0 Å². The molecule has 0 aliphatic heterocycles. The maximum absolute atomic E-state index is 11.1. The van der Waals surface area contributed by atoms with Gasteiger partial charge in [0.2, 0.25) is 0 Å². The molecule has 0 saturated carbocycles. The first kappa shape index (κ1) is 18.7. The van der Waals surface area contributed by atoms with Crippen LogP contribution in [0.5, 0.6) is 5.75 Å². The van der Waals surface area contributed by atoms with Gasteiger partial charge in [0.25, 0.3) is 0 Å². The van der Waals surface area contributed by atoms with E-state index in [9.17, 15) is 4.79 Å². The average molecular weight is 388 g/mol. The zero-order chi connectivity index (χ0) is 20.2. The number of rotatable bonds is 7. The number of para-hydroxylation sites is 1. The van der Waals surface area contributed by atoms with E-state index in [1.54, 1.807) is 24.4 Å². The van der Waals surface area contributed by atoms with E-state index in [1.165, 1.54) is 0 Å². The minimum Gasteiger partial charge on any atom is -0.489 e. The van der Waals surface area contributed by atoms with E-state index < -0.39 is 5.97 Å². The average Bonchev–Trinajstić information content (AvgIpc) is 3.18. The highest BCUT2D eigenvalue weighted by Gasteiger charge is 2.12. The van der Waals surface area contributed by atoms with Crippen molar-refractivity contribution in [1.29, 1.82) is 0 Å². The molecule has 29 heavy (non-hydrogen) atoms. The Labute approximate surface area is 167 Å². The molecule has 2 aromatic carbocycles. The molecule has 0 fully saturated rings. The van der Waals surface area contributed by atoms with Crippen LogP contribution in [0.3, 0.4) is 0 Å². The predicted molar refractivity (Wildman–Crippen MR) is 109 cm³/mol. The number of pyridine rings is 1. The van der Waals surface area contributed by atoms with Crippen molar-refractivity contribution in [2.75, 3.05) is 0 Å². The lowest BCUT2D eigenvalue weighted by Gasteiger charge is -2.10. The van der Waals surface area contributed by atoms with Crippen LogP contribution in [-0.2, 0) is 24.4 Å². The Morgan fingerprint density at radius 2 is 1.90 bits per heavy atom. The highest BCUT2D eigenvalue weighted by atomic mass is 16.5. The summed E-state index contributed by atoms with van der Waals surface area (Å²) in [7, 11) is 0. The number of fused-ring (bicyclic) bond motifs is 1. The van der Waals surface area contributed by atoms with Crippen molar-refractivity contribution in [2.24, 2.45) is 5.73 Å². The van der Waals surface area contributed by atoms with Gasteiger partial charge in [0.1, 0.15) is 23.7 Å². The molecule has 0 saturated heterocycles. The lowest BCUT2D eigenvalue weighted by molar-refractivity contribution is -0.136. The normalized spacial score (nSPS) is 10.9. The fourth-order valence-electron chi connectivity index (χ4n) is 3.24. The van der Waals surface area contributed by atoms with Crippen LogP contribution in [0.25, 0.3) is 22.3 Å². The third-order valence-electron chi connectivity index (χ3n) is 4.66. The van der Waals surface area contributed by atoms with Crippen molar-refractivity contribution in [2.45, 2.75) is 19.6 Å². The van der Waals surface area contributed by atoms with Crippen LogP contribution in [0.2, 0.25) is 0 Å². The molecule has 0 atom stereocenters. The summed E-state index contributed by atoms with van der Waals surface area (Å²) >= 11 is 0. The van der Waals surface area contributed by atoms with Crippen molar-refractivity contribution < 1.29 is 19.1 Å². The number of aromatic nitrogens is 1. The van der Waals surface area contributed by atoms with E-state index in [1.807, 2.05) is 42.5 Å². The van der Waals surface area contributed by atoms with Gasteiger partial charge in [0.05, 0.1) is 12.1 Å². The molecule has 0 bridgehead atoms.